The number of hydrogen-bond donors (Lipinski definition) is 2. The lowest BCUT2D eigenvalue weighted by atomic mass is 10.0. The van der Waals surface area contributed by atoms with Crippen molar-refractivity contribution in [2.24, 2.45) is 10.9 Å². The number of rotatable bonds is 10. The van der Waals surface area contributed by atoms with Crippen molar-refractivity contribution < 1.29 is 12.8 Å². The van der Waals surface area contributed by atoms with Crippen molar-refractivity contribution in [1.29, 1.82) is 0 Å². The van der Waals surface area contributed by atoms with Crippen molar-refractivity contribution in [2.45, 2.75) is 58.4 Å². The molecule has 0 spiro atoms. The lowest BCUT2D eigenvalue weighted by molar-refractivity contribution is 0.213. The molecule has 1 heterocycles. The lowest BCUT2D eigenvalue weighted by Gasteiger charge is -2.29. The molecular formula is C22H37FN4O2S. The lowest BCUT2D eigenvalue weighted by Crippen LogP contribution is -2.47. The number of halogens is 1. The first-order chi connectivity index (χ1) is 14.2. The normalized spacial score (nSPS) is 16.8. The molecule has 1 fully saturated rings. The molecule has 1 atom stereocenters. The van der Waals surface area contributed by atoms with Crippen LogP contribution in [0.5, 0.6) is 0 Å². The molecular weight excluding hydrogens is 403 g/mol. The Morgan fingerprint density at radius 2 is 1.90 bits per heavy atom. The van der Waals surface area contributed by atoms with Crippen LogP contribution in [0.1, 0.15) is 51.2 Å². The number of hydrogen-bond acceptors (Lipinski definition) is 4. The van der Waals surface area contributed by atoms with E-state index in [1.807, 2.05) is 6.92 Å². The van der Waals surface area contributed by atoms with E-state index in [4.69, 9.17) is 0 Å². The third-order valence-electron chi connectivity index (χ3n) is 5.24. The number of nitrogens with one attached hydrogen (secondary N) is 2. The SMILES string of the molecule is CCNC(=NCc1cc(F)ccc1CS(C)(=O)=O)NCC(CC(C)C)N1CCCC1. The summed E-state index contributed by atoms with van der Waals surface area (Å²) >= 11 is 0. The summed E-state index contributed by atoms with van der Waals surface area (Å²) in [5.41, 5.74) is 1.18. The monoisotopic (exact) mass is 440 g/mol. The summed E-state index contributed by atoms with van der Waals surface area (Å²) < 4.78 is 37.2. The van der Waals surface area contributed by atoms with Crippen LogP contribution in [-0.2, 0) is 22.1 Å². The molecule has 0 aliphatic carbocycles. The molecule has 170 valence electrons. The maximum absolute atomic E-state index is 13.8. The Hall–Kier alpha value is -1.67. The zero-order valence-electron chi connectivity index (χ0n) is 18.7. The van der Waals surface area contributed by atoms with Crippen molar-refractivity contribution in [3.63, 3.8) is 0 Å². The Morgan fingerprint density at radius 1 is 1.20 bits per heavy atom. The van der Waals surface area contributed by atoms with Gasteiger partial charge in [0.25, 0.3) is 0 Å². The predicted molar refractivity (Wildman–Crippen MR) is 122 cm³/mol. The summed E-state index contributed by atoms with van der Waals surface area (Å²) in [6, 6.07) is 4.66. The molecule has 2 rings (SSSR count). The molecule has 1 aromatic rings. The molecule has 6 nitrogen and oxygen atoms in total. The third-order valence-corrected chi connectivity index (χ3v) is 6.08. The molecule has 1 unspecified atom stereocenters. The largest absolute Gasteiger partial charge is 0.357 e. The highest BCUT2D eigenvalue weighted by Gasteiger charge is 2.23. The number of sulfone groups is 1. The fraction of sp³-hybridized carbons (Fsp3) is 0.682. The van der Waals surface area contributed by atoms with Crippen LogP contribution < -0.4 is 10.6 Å². The van der Waals surface area contributed by atoms with Crippen LogP contribution in [0.3, 0.4) is 0 Å². The van der Waals surface area contributed by atoms with Crippen molar-refractivity contribution in [1.82, 2.24) is 15.5 Å². The fourth-order valence-electron chi connectivity index (χ4n) is 3.90. The summed E-state index contributed by atoms with van der Waals surface area (Å²) in [6.07, 6.45) is 4.81. The summed E-state index contributed by atoms with van der Waals surface area (Å²) in [7, 11) is -3.21. The highest BCUT2D eigenvalue weighted by molar-refractivity contribution is 7.89. The molecule has 8 heteroatoms. The quantitative estimate of drug-likeness (QED) is 0.432. The minimum Gasteiger partial charge on any atom is -0.357 e. The van der Waals surface area contributed by atoms with Gasteiger partial charge < -0.3 is 10.6 Å². The number of guanidine groups is 1. The van der Waals surface area contributed by atoms with Crippen LogP contribution >= 0.6 is 0 Å². The molecule has 0 radical (unpaired) electrons. The molecule has 1 aromatic carbocycles. The van der Waals surface area contributed by atoms with Crippen molar-refractivity contribution in [3.05, 3.63) is 35.1 Å². The maximum atomic E-state index is 13.8. The van der Waals surface area contributed by atoms with Gasteiger partial charge in [-0.2, -0.15) is 0 Å². The second-order valence-electron chi connectivity index (χ2n) is 8.59. The Morgan fingerprint density at radius 3 is 2.50 bits per heavy atom. The average Bonchev–Trinajstić information content (AvgIpc) is 3.18. The second-order valence-corrected chi connectivity index (χ2v) is 10.7. The van der Waals surface area contributed by atoms with Gasteiger partial charge in [0.05, 0.1) is 12.3 Å². The molecule has 1 saturated heterocycles. The second kappa shape index (κ2) is 11.6. The first-order valence-corrected chi connectivity index (χ1v) is 12.9. The zero-order chi connectivity index (χ0) is 22.1. The molecule has 1 aliphatic rings. The van der Waals surface area contributed by atoms with Crippen LogP contribution in [-0.4, -0.2) is 57.8 Å². The Labute approximate surface area is 181 Å². The first-order valence-electron chi connectivity index (χ1n) is 10.9. The minimum absolute atomic E-state index is 0.118. The van der Waals surface area contributed by atoms with E-state index >= 15 is 0 Å². The minimum atomic E-state index is -3.21. The van der Waals surface area contributed by atoms with Crippen molar-refractivity contribution >= 4 is 15.8 Å². The van der Waals surface area contributed by atoms with Gasteiger partial charge in [-0.3, -0.25) is 4.90 Å². The van der Waals surface area contributed by atoms with Crippen LogP contribution in [0.15, 0.2) is 23.2 Å². The van der Waals surface area contributed by atoms with Crippen LogP contribution in [0.2, 0.25) is 0 Å². The average molecular weight is 441 g/mol. The van der Waals surface area contributed by atoms with Gasteiger partial charge in [-0.25, -0.2) is 17.8 Å². The Kier molecular flexibility index (Phi) is 9.55. The van der Waals surface area contributed by atoms with E-state index in [2.05, 4.69) is 34.4 Å². The van der Waals surface area contributed by atoms with E-state index in [1.54, 1.807) is 0 Å². The highest BCUT2D eigenvalue weighted by atomic mass is 32.2. The number of nitrogens with zero attached hydrogens (tertiary/aromatic N) is 2. The number of aliphatic imine (C=N–C) groups is 1. The van der Waals surface area contributed by atoms with Gasteiger partial charge in [0.15, 0.2) is 15.8 Å². The highest BCUT2D eigenvalue weighted by Crippen LogP contribution is 2.18. The summed E-state index contributed by atoms with van der Waals surface area (Å²) in [5.74, 6) is 0.775. The summed E-state index contributed by atoms with van der Waals surface area (Å²) in [6.45, 7) is 10.5. The van der Waals surface area contributed by atoms with Crippen molar-refractivity contribution in [2.75, 3.05) is 32.4 Å². The summed E-state index contributed by atoms with van der Waals surface area (Å²) in [5, 5.41) is 6.68. The number of likely N-dealkylation sites (tertiary alicyclic amines) is 1. The van der Waals surface area contributed by atoms with Crippen LogP contribution in [0, 0.1) is 11.7 Å². The zero-order valence-corrected chi connectivity index (χ0v) is 19.6. The van der Waals surface area contributed by atoms with Crippen molar-refractivity contribution in [3.8, 4) is 0 Å². The van der Waals surface area contributed by atoms with Gasteiger partial charge in [0.2, 0.25) is 0 Å². The topological polar surface area (TPSA) is 73.8 Å². The van der Waals surface area contributed by atoms with Gasteiger partial charge >= 0.3 is 0 Å². The van der Waals surface area contributed by atoms with E-state index < -0.39 is 9.84 Å². The first kappa shape index (κ1) is 24.6. The number of benzene rings is 1. The van der Waals surface area contributed by atoms with Gasteiger partial charge in [0.1, 0.15) is 5.82 Å². The van der Waals surface area contributed by atoms with E-state index in [1.165, 1.54) is 37.3 Å². The van der Waals surface area contributed by atoms with Gasteiger partial charge in [-0.15, -0.1) is 0 Å². The molecule has 0 bridgehead atoms. The Bertz CT molecular complexity index is 805. The van der Waals surface area contributed by atoms with E-state index in [0.717, 1.165) is 26.1 Å². The van der Waals surface area contributed by atoms with Crippen LogP contribution in [0.4, 0.5) is 4.39 Å². The van der Waals surface area contributed by atoms with E-state index in [0.29, 0.717) is 35.6 Å². The van der Waals surface area contributed by atoms with E-state index in [9.17, 15) is 12.8 Å². The molecule has 2 N–H and O–H groups in total. The predicted octanol–water partition coefficient (Wildman–Crippen LogP) is 2.94. The third kappa shape index (κ3) is 8.60. The molecule has 1 aliphatic heterocycles. The van der Waals surface area contributed by atoms with Gasteiger partial charge in [-0.1, -0.05) is 19.9 Å². The molecule has 0 amide bonds. The Balaban J connectivity index is 2.10. The summed E-state index contributed by atoms with van der Waals surface area (Å²) in [4.78, 5) is 7.16. The van der Waals surface area contributed by atoms with Gasteiger partial charge in [-0.05, 0) is 68.5 Å². The molecule has 30 heavy (non-hydrogen) atoms. The smallest absolute Gasteiger partial charge is 0.191 e. The molecule has 0 saturated carbocycles. The van der Waals surface area contributed by atoms with E-state index in [-0.39, 0.29) is 18.1 Å². The van der Waals surface area contributed by atoms with Crippen LogP contribution in [0.25, 0.3) is 0 Å². The maximum Gasteiger partial charge on any atom is 0.191 e. The van der Waals surface area contributed by atoms with Gasteiger partial charge in [0, 0.05) is 25.4 Å². The fourth-order valence-corrected chi connectivity index (χ4v) is 4.74. The standard InChI is InChI=1S/C22H37FN4O2S/c1-5-24-22(26-15-21(12-17(2)3)27-10-6-7-11-27)25-14-19-13-20(23)9-8-18(19)16-30(4,28)29/h8-9,13,17,21H,5-7,10-12,14-16H2,1-4H3,(H2,24,25,26). The molecule has 0 aromatic heterocycles.